The molecule has 3 N–H and O–H groups in total. The Morgan fingerprint density at radius 3 is 2.79 bits per heavy atom. The molecule has 1 aliphatic rings. The van der Waals surface area contributed by atoms with Gasteiger partial charge in [0.15, 0.2) is 0 Å². The van der Waals surface area contributed by atoms with Crippen LogP contribution in [0.1, 0.15) is 26.7 Å². The first-order valence-electron chi connectivity index (χ1n) is 6.99. The molecule has 3 rings (SSSR count). The van der Waals surface area contributed by atoms with Crippen LogP contribution in [-0.4, -0.2) is 11.5 Å². The second-order valence-electron chi connectivity index (χ2n) is 5.97. The third-order valence-corrected chi connectivity index (χ3v) is 4.55. The van der Waals surface area contributed by atoms with E-state index in [0.717, 1.165) is 34.7 Å². The van der Waals surface area contributed by atoms with E-state index in [1.165, 1.54) is 12.8 Å². The molecule has 0 saturated heterocycles. The highest BCUT2D eigenvalue weighted by molar-refractivity contribution is 5.98. The molecule has 0 amide bonds. The maximum atomic E-state index is 5.98. The van der Waals surface area contributed by atoms with Crippen LogP contribution in [0.4, 0.5) is 11.4 Å². The average molecular weight is 255 g/mol. The molecule has 100 valence electrons. The van der Waals surface area contributed by atoms with Gasteiger partial charge in [-0.15, -0.1) is 0 Å². The number of aromatic nitrogens is 1. The molecule has 0 atom stereocenters. The normalized spacial score (nSPS) is 16.8. The quantitative estimate of drug-likeness (QED) is 0.820. The van der Waals surface area contributed by atoms with Crippen LogP contribution in [-0.2, 0) is 0 Å². The second kappa shape index (κ2) is 4.41. The zero-order valence-corrected chi connectivity index (χ0v) is 11.6. The lowest BCUT2D eigenvalue weighted by atomic mass is 9.92. The molecule has 0 radical (unpaired) electrons. The Balaban J connectivity index is 1.88. The number of nitrogens with one attached hydrogen (secondary N) is 1. The van der Waals surface area contributed by atoms with Gasteiger partial charge in [-0.1, -0.05) is 13.8 Å². The van der Waals surface area contributed by atoms with Gasteiger partial charge in [-0.3, -0.25) is 4.98 Å². The van der Waals surface area contributed by atoms with Crippen molar-refractivity contribution < 1.29 is 0 Å². The zero-order valence-electron chi connectivity index (χ0n) is 11.6. The summed E-state index contributed by atoms with van der Waals surface area (Å²) in [5, 5.41) is 4.72. The first-order valence-corrected chi connectivity index (χ1v) is 6.99. The number of anilines is 2. The minimum Gasteiger partial charge on any atom is -0.397 e. The van der Waals surface area contributed by atoms with Crippen molar-refractivity contribution in [2.24, 2.45) is 11.3 Å². The van der Waals surface area contributed by atoms with Gasteiger partial charge in [0.25, 0.3) is 0 Å². The maximum absolute atomic E-state index is 5.98. The van der Waals surface area contributed by atoms with E-state index in [1.807, 2.05) is 12.1 Å². The Morgan fingerprint density at radius 2 is 2.11 bits per heavy atom. The maximum Gasteiger partial charge on any atom is 0.0951 e. The number of nitrogen functional groups attached to an aromatic ring is 1. The van der Waals surface area contributed by atoms with Gasteiger partial charge in [-0.25, -0.2) is 0 Å². The highest BCUT2D eigenvalue weighted by Crippen LogP contribution is 2.51. The minimum absolute atomic E-state index is 0.496. The monoisotopic (exact) mass is 255 g/mol. The molecular formula is C16H21N3. The highest BCUT2D eigenvalue weighted by Gasteiger charge is 2.44. The lowest BCUT2D eigenvalue weighted by molar-refractivity contribution is 0.380. The molecule has 1 aliphatic carbocycles. The van der Waals surface area contributed by atoms with Crippen molar-refractivity contribution in [2.45, 2.75) is 26.7 Å². The molecule has 0 unspecified atom stereocenters. The van der Waals surface area contributed by atoms with Crippen LogP contribution in [0.2, 0.25) is 0 Å². The van der Waals surface area contributed by atoms with Crippen LogP contribution in [0.15, 0.2) is 30.5 Å². The molecule has 2 aromatic rings. The summed E-state index contributed by atoms with van der Waals surface area (Å²) in [4.78, 5) is 4.37. The van der Waals surface area contributed by atoms with Crippen LogP contribution in [0.5, 0.6) is 0 Å². The van der Waals surface area contributed by atoms with E-state index in [4.69, 9.17) is 5.73 Å². The smallest absolute Gasteiger partial charge is 0.0951 e. The summed E-state index contributed by atoms with van der Waals surface area (Å²) in [6.07, 6.45) is 4.46. The molecule has 3 nitrogen and oxygen atoms in total. The molecule has 1 aromatic heterocycles. The fraction of sp³-hybridized carbons (Fsp3) is 0.438. The van der Waals surface area contributed by atoms with E-state index in [9.17, 15) is 0 Å². The molecule has 1 saturated carbocycles. The zero-order chi connectivity index (χ0) is 13.5. The van der Waals surface area contributed by atoms with Crippen molar-refractivity contribution in [3.05, 3.63) is 30.5 Å². The van der Waals surface area contributed by atoms with Gasteiger partial charge >= 0.3 is 0 Å². The topological polar surface area (TPSA) is 50.9 Å². The Kier molecular flexibility index (Phi) is 2.85. The number of pyridine rings is 1. The van der Waals surface area contributed by atoms with Gasteiger partial charge in [0, 0.05) is 23.8 Å². The van der Waals surface area contributed by atoms with Gasteiger partial charge in [-0.2, -0.15) is 0 Å². The summed E-state index contributed by atoms with van der Waals surface area (Å²) in [7, 11) is 0. The Bertz CT molecular complexity index is 600. The molecule has 1 fully saturated rings. The molecular weight excluding hydrogens is 234 g/mol. The van der Waals surface area contributed by atoms with E-state index in [1.54, 1.807) is 6.20 Å². The fourth-order valence-corrected chi connectivity index (χ4v) is 2.74. The van der Waals surface area contributed by atoms with E-state index >= 15 is 0 Å². The van der Waals surface area contributed by atoms with E-state index in [0.29, 0.717) is 5.41 Å². The molecule has 1 heterocycles. The van der Waals surface area contributed by atoms with Crippen LogP contribution < -0.4 is 11.1 Å². The number of nitrogens with zero attached hydrogens (tertiary/aromatic N) is 1. The predicted octanol–water partition coefficient (Wildman–Crippen LogP) is 3.67. The fourth-order valence-electron chi connectivity index (χ4n) is 2.74. The lowest BCUT2D eigenvalue weighted by Gasteiger charge is -2.21. The lowest BCUT2D eigenvalue weighted by Crippen LogP contribution is -2.21. The van der Waals surface area contributed by atoms with Gasteiger partial charge in [0.05, 0.1) is 11.2 Å². The summed E-state index contributed by atoms with van der Waals surface area (Å²) >= 11 is 0. The van der Waals surface area contributed by atoms with Crippen LogP contribution in [0.3, 0.4) is 0 Å². The summed E-state index contributed by atoms with van der Waals surface area (Å²) in [6, 6.07) is 8.04. The standard InChI is InChI=1S/C16H21N3/c1-11(2)16(7-8-16)10-19-14-6-5-13(17)15-12(14)4-3-9-18-15/h3-6,9,11,19H,7-8,10,17H2,1-2H3. The summed E-state index contributed by atoms with van der Waals surface area (Å²) in [5.74, 6) is 0.734. The third kappa shape index (κ3) is 2.14. The van der Waals surface area contributed by atoms with Crippen molar-refractivity contribution in [1.82, 2.24) is 4.98 Å². The first kappa shape index (κ1) is 12.3. The van der Waals surface area contributed by atoms with E-state index in [-0.39, 0.29) is 0 Å². The predicted molar refractivity (Wildman–Crippen MR) is 81.2 cm³/mol. The van der Waals surface area contributed by atoms with Gasteiger partial charge in [0.1, 0.15) is 0 Å². The van der Waals surface area contributed by atoms with Gasteiger partial charge in [0.2, 0.25) is 0 Å². The van der Waals surface area contributed by atoms with Crippen molar-refractivity contribution in [3.63, 3.8) is 0 Å². The molecule has 19 heavy (non-hydrogen) atoms. The molecule has 1 aromatic carbocycles. The molecule has 3 heteroatoms. The highest BCUT2D eigenvalue weighted by atomic mass is 14.9. The molecule has 0 bridgehead atoms. The van der Waals surface area contributed by atoms with Crippen molar-refractivity contribution >= 4 is 22.3 Å². The SMILES string of the molecule is CC(C)C1(CNc2ccc(N)c3ncccc23)CC1. The Labute approximate surface area is 114 Å². The number of benzene rings is 1. The number of rotatable bonds is 4. The van der Waals surface area contributed by atoms with Crippen LogP contribution >= 0.6 is 0 Å². The van der Waals surface area contributed by atoms with Gasteiger partial charge < -0.3 is 11.1 Å². The minimum atomic E-state index is 0.496. The first-order chi connectivity index (χ1) is 9.12. The van der Waals surface area contributed by atoms with Gasteiger partial charge in [-0.05, 0) is 48.4 Å². The number of hydrogen-bond acceptors (Lipinski definition) is 3. The third-order valence-electron chi connectivity index (χ3n) is 4.55. The van der Waals surface area contributed by atoms with Crippen LogP contribution in [0, 0.1) is 11.3 Å². The number of fused-ring (bicyclic) bond motifs is 1. The van der Waals surface area contributed by atoms with Crippen molar-refractivity contribution in [2.75, 3.05) is 17.6 Å². The number of nitrogens with two attached hydrogens (primary N) is 1. The molecule has 0 spiro atoms. The van der Waals surface area contributed by atoms with E-state index in [2.05, 4.69) is 36.3 Å². The number of hydrogen-bond donors (Lipinski definition) is 2. The largest absolute Gasteiger partial charge is 0.397 e. The summed E-state index contributed by atoms with van der Waals surface area (Å²) < 4.78 is 0. The summed E-state index contributed by atoms with van der Waals surface area (Å²) in [6.45, 7) is 5.67. The summed E-state index contributed by atoms with van der Waals surface area (Å²) in [5.41, 5.74) is 9.25. The Morgan fingerprint density at radius 1 is 1.32 bits per heavy atom. The molecule has 0 aliphatic heterocycles. The van der Waals surface area contributed by atoms with E-state index < -0.39 is 0 Å². The van der Waals surface area contributed by atoms with Crippen molar-refractivity contribution in [1.29, 1.82) is 0 Å². The Hall–Kier alpha value is -1.77. The second-order valence-corrected chi connectivity index (χ2v) is 5.97. The average Bonchev–Trinajstić information content (AvgIpc) is 3.20. The van der Waals surface area contributed by atoms with Crippen LogP contribution in [0.25, 0.3) is 10.9 Å². The van der Waals surface area contributed by atoms with Crippen molar-refractivity contribution in [3.8, 4) is 0 Å².